The molecule has 4 heteroatoms. The second-order valence-electron chi connectivity index (χ2n) is 4.42. The number of benzene rings is 2. The Hall–Kier alpha value is -2.49. The first-order chi connectivity index (χ1) is 9.60. The summed E-state index contributed by atoms with van der Waals surface area (Å²) in [4.78, 5) is 12.1. The molecule has 0 atom stereocenters. The monoisotopic (exact) mass is 271 g/mol. The summed E-state index contributed by atoms with van der Waals surface area (Å²) in [6, 6.07) is 12.0. The van der Waals surface area contributed by atoms with Crippen molar-refractivity contribution >= 4 is 11.6 Å². The molecule has 4 nitrogen and oxygen atoms in total. The number of ether oxygens (including phenoxy) is 1. The molecule has 104 valence electrons. The number of aryl methyl sites for hydroxylation is 1. The van der Waals surface area contributed by atoms with Gasteiger partial charge < -0.3 is 15.2 Å². The third-order valence-corrected chi connectivity index (χ3v) is 2.86. The number of carbonyl (C=O) groups excluding carboxylic acids is 1. The minimum absolute atomic E-state index is 0.180. The van der Waals surface area contributed by atoms with Crippen LogP contribution in [0.4, 0.5) is 5.69 Å². The van der Waals surface area contributed by atoms with E-state index in [0.717, 1.165) is 0 Å². The van der Waals surface area contributed by atoms with Gasteiger partial charge in [-0.1, -0.05) is 6.07 Å². The number of rotatable bonds is 4. The van der Waals surface area contributed by atoms with Crippen molar-refractivity contribution in [2.24, 2.45) is 0 Å². The molecule has 0 aliphatic rings. The van der Waals surface area contributed by atoms with Crippen LogP contribution in [0.1, 0.15) is 22.8 Å². The molecule has 1 amide bonds. The molecular formula is C16H17NO3. The van der Waals surface area contributed by atoms with Crippen molar-refractivity contribution < 1.29 is 14.6 Å². The Labute approximate surface area is 118 Å². The fourth-order valence-electron chi connectivity index (χ4n) is 1.83. The second kappa shape index (κ2) is 6.10. The van der Waals surface area contributed by atoms with Crippen LogP contribution in [0.5, 0.6) is 11.5 Å². The Balaban J connectivity index is 2.14. The lowest BCUT2D eigenvalue weighted by atomic mass is 10.1. The van der Waals surface area contributed by atoms with E-state index in [1.54, 1.807) is 31.2 Å². The highest BCUT2D eigenvalue weighted by Gasteiger charge is 2.08. The van der Waals surface area contributed by atoms with Gasteiger partial charge in [-0.25, -0.2) is 0 Å². The molecule has 2 N–H and O–H groups in total. The van der Waals surface area contributed by atoms with Crippen molar-refractivity contribution in [1.82, 2.24) is 0 Å². The van der Waals surface area contributed by atoms with E-state index in [4.69, 9.17) is 4.74 Å². The molecule has 0 radical (unpaired) electrons. The van der Waals surface area contributed by atoms with Crippen molar-refractivity contribution in [3.05, 3.63) is 53.6 Å². The predicted molar refractivity (Wildman–Crippen MR) is 78.4 cm³/mol. The van der Waals surface area contributed by atoms with Gasteiger partial charge in [-0.15, -0.1) is 0 Å². The molecule has 0 saturated heterocycles. The summed E-state index contributed by atoms with van der Waals surface area (Å²) in [7, 11) is 0. The maximum atomic E-state index is 12.1. The van der Waals surface area contributed by atoms with Gasteiger partial charge in [0.2, 0.25) is 0 Å². The van der Waals surface area contributed by atoms with Gasteiger partial charge in [0.15, 0.2) is 0 Å². The second-order valence-corrected chi connectivity index (χ2v) is 4.42. The highest BCUT2D eigenvalue weighted by atomic mass is 16.5. The van der Waals surface area contributed by atoms with E-state index in [0.29, 0.717) is 29.2 Å². The van der Waals surface area contributed by atoms with Crippen LogP contribution < -0.4 is 10.1 Å². The highest BCUT2D eigenvalue weighted by molar-refractivity contribution is 6.04. The Kier molecular flexibility index (Phi) is 4.25. The van der Waals surface area contributed by atoms with Gasteiger partial charge in [0.1, 0.15) is 11.5 Å². The van der Waals surface area contributed by atoms with E-state index >= 15 is 0 Å². The van der Waals surface area contributed by atoms with Gasteiger partial charge in [-0.3, -0.25) is 4.79 Å². The smallest absolute Gasteiger partial charge is 0.255 e. The average molecular weight is 271 g/mol. The Morgan fingerprint density at radius 2 is 2.05 bits per heavy atom. The Morgan fingerprint density at radius 3 is 2.75 bits per heavy atom. The van der Waals surface area contributed by atoms with Crippen molar-refractivity contribution in [3.8, 4) is 11.5 Å². The van der Waals surface area contributed by atoms with Crippen molar-refractivity contribution in [2.75, 3.05) is 11.9 Å². The van der Waals surface area contributed by atoms with Crippen LogP contribution in [0.2, 0.25) is 0 Å². The maximum Gasteiger partial charge on any atom is 0.255 e. The van der Waals surface area contributed by atoms with E-state index in [1.807, 2.05) is 19.1 Å². The summed E-state index contributed by atoms with van der Waals surface area (Å²) in [6.45, 7) is 4.24. The lowest BCUT2D eigenvalue weighted by Gasteiger charge is -2.08. The van der Waals surface area contributed by atoms with E-state index in [1.165, 1.54) is 6.07 Å². The highest BCUT2D eigenvalue weighted by Crippen LogP contribution is 2.20. The zero-order chi connectivity index (χ0) is 14.5. The molecule has 0 aliphatic carbocycles. The van der Waals surface area contributed by atoms with Crippen LogP contribution in [0, 0.1) is 6.92 Å². The summed E-state index contributed by atoms with van der Waals surface area (Å²) in [5.74, 6) is 0.675. The van der Waals surface area contributed by atoms with Gasteiger partial charge >= 0.3 is 0 Å². The topological polar surface area (TPSA) is 58.6 Å². The lowest BCUT2D eigenvalue weighted by Crippen LogP contribution is -2.12. The van der Waals surface area contributed by atoms with Crippen LogP contribution in [0.3, 0.4) is 0 Å². The summed E-state index contributed by atoms with van der Waals surface area (Å²) in [6.07, 6.45) is 0. The number of aromatic hydroxyl groups is 1. The van der Waals surface area contributed by atoms with Gasteiger partial charge in [0.25, 0.3) is 5.91 Å². The number of hydrogen-bond acceptors (Lipinski definition) is 3. The van der Waals surface area contributed by atoms with Crippen molar-refractivity contribution in [1.29, 1.82) is 0 Å². The summed E-state index contributed by atoms with van der Waals surface area (Å²) < 4.78 is 5.38. The van der Waals surface area contributed by atoms with Crippen molar-refractivity contribution in [2.45, 2.75) is 13.8 Å². The van der Waals surface area contributed by atoms with Crippen LogP contribution in [0.25, 0.3) is 0 Å². The first-order valence-corrected chi connectivity index (χ1v) is 6.44. The number of phenolic OH excluding ortho intramolecular Hbond substituents is 1. The molecule has 2 aromatic rings. The van der Waals surface area contributed by atoms with Crippen LogP contribution >= 0.6 is 0 Å². The number of amides is 1. The SMILES string of the molecule is CCOc1cccc(NC(=O)c2ccc(O)c(C)c2)c1. The van der Waals surface area contributed by atoms with E-state index in [2.05, 4.69) is 5.32 Å². The lowest BCUT2D eigenvalue weighted by molar-refractivity contribution is 0.102. The largest absolute Gasteiger partial charge is 0.508 e. The van der Waals surface area contributed by atoms with Gasteiger partial charge in [-0.2, -0.15) is 0 Å². The molecule has 0 aromatic heterocycles. The quantitative estimate of drug-likeness (QED) is 0.896. The molecule has 20 heavy (non-hydrogen) atoms. The summed E-state index contributed by atoms with van der Waals surface area (Å²) >= 11 is 0. The van der Waals surface area contributed by atoms with Gasteiger partial charge in [-0.05, 0) is 49.7 Å². The average Bonchev–Trinajstić information content (AvgIpc) is 2.42. The minimum atomic E-state index is -0.221. The van der Waals surface area contributed by atoms with Crippen LogP contribution in [-0.2, 0) is 0 Å². The molecule has 2 aromatic carbocycles. The van der Waals surface area contributed by atoms with Crippen LogP contribution in [-0.4, -0.2) is 17.6 Å². The maximum absolute atomic E-state index is 12.1. The first-order valence-electron chi connectivity index (χ1n) is 6.44. The molecule has 0 heterocycles. The molecule has 0 aliphatic heterocycles. The third-order valence-electron chi connectivity index (χ3n) is 2.86. The van der Waals surface area contributed by atoms with Gasteiger partial charge in [0.05, 0.1) is 6.61 Å². The van der Waals surface area contributed by atoms with E-state index in [9.17, 15) is 9.90 Å². The van der Waals surface area contributed by atoms with Crippen LogP contribution in [0.15, 0.2) is 42.5 Å². The number of anilines is 1. The molecule has 0 spiro atoms. The predicted octanol–water partition coefficient (Wildman–Crippen LogP) is 3.35. The molecule has 0 saturated carbocycles. The molecule has 0 bridgehead atoms. The summed E-state index contributed by atoms with van der Waals surface area (Å²) in [5.41, 5.74) is 1.84. The minimum Gasteiger partial charge on any atom is -0.508 e. The standard InChI is InChI=1S/C16H17NO3/c1-3-20-14-6-4-5-13(10-14)17-16(19)12-7-8-15(18)11(2)9-12/h4-10,18H,3H2,1-2H3,(H,17,19). The zero-order valence-electron chi connectivity index (χ0n) is 11.5. The first kappa shape index (κ1) is 13.9. The van der Waals surface area contributed by atoms with Gasteiger partial charge in [0, 0.05) is 17.3 Å². The molecular weight excluding hydrogens is 254 g/mol. The van der Waals surface area contributed by atoms with E-state index in [-0.39, 0.29) is 11.7 Å². The third kappa shape index (κ3) is 3.29. The molecule has 2 rings (SSSR count). The zero-order valence-corrected chi connectivity index (χ0v) is 11.5. The number of phenols is 1. The Morgan fingerprint density at radius 1 is 1.25 bits per heavy atom. The summed E-state index contributed by atoms with van der Waals surface area (Å²) in [5, 5.41) is 12.3. The number of hydrogen-bond donors (Lipinski definition) is 2. The van der Waals surface area contributed by atoms with Crippen molar-refractivity contribution in [3.63, 3.8) is 0 Å². The molecule has 0 unspecified atom stereocenters. The number of carbonyl (C=O) groups is 1. The van der Waals surface area contributed by atoms with E-state index < -0.39 is 0 Å². The fourth-order valence-corrected chi connectivity index (χ4v) is 1.83. The normalized spacial score (nSPS) is 10.1. The fraction of sp³-hybridized carbons (Fsp3) is 0.188. The number of nitrogens with one attached hydrogen (secondary N) is 1. The molecule has 0 fully saturated rings. The Bertz CT molecular complexity index is 623.